The molecule has 1 N–H and O–H groups in total. The Hall–Kier alpha value is -1.99. The third-order valence-electron chi connectivity index (χ3n) is 2.40. The van der Waals surface area contributed by atoms with E-state index in [1.807, 2.05) is 0 Å². The number of anilines is 1. The van der Waals surface area contributed by atoms with Crippen LogP contribution in [-0.2, 0) is 4.74 Å². The first-order valence-corrected chi connectivity index (χ1v) is 7.16. The third-order valence-corrected chi connectivity index (χ3v) is 3.47. The van der Waals surface area contributed by atoms with Crippen LogP contribution in [0.5, 0.6) is 0 Å². The van der Waals surface area contributed by atoms with Crippen molar-refractivity contribution in [2.45, 2.75) is 6.92 Å². The van der Waals surface area contributed by atoms with Crippen LogP contribution in [0, 0.1) is 5.82 Å². The van der Waals surface area contributed by atoms with Crippen LogP contribution in [0.2, 0.25) is 5.02 Å². The van der Waals surface area contributed by atoms with E-state index < -0.39 is 17.7 Å². The van der Waals surface area contributed by atoms with Gasteiger partial charge in [0.2, 0.25) is 0 Å². The van der Waals surface area contributed by atoms with E-state index in [9.17, 15) is 14.0 Å². The Morgan fingerprint density at radius 3 is 2.90 bits per heavy atom. The Labute approximate surface area is 128 Å². The fourth-order valence-corrected chi connectivity index (χ4v) is 2.43. The fourth-order valence-electron chi connectivity index (χ4n) is 1.50. The van der Waals surface area contributed by atoms with Gasteiger partial charge in [-0.1, -0.05) is 17.7 Å². The van der Waals surface area contributed by atoms with Crippen molar-refractivity contribution in [3.63, 3.8) is 0 Å². The Balaban J connectivity index is 2.15. The number of rotatable bonds is 4. The van der Waals surface area contributed by atoms with Gasteiger partial charge in [-0.3, -0.25) is 10.1 Å². The molecule has 0 saturated carbocycles. The van der Waals surface area contributed by atoms with Crippen molar-refractivity contribution in [2.24, 2.45) is 0 Å². The van der Waals surface area contributed by atoms with Crippen molar-refractivity contribution in [1.29, 1.82) is 0 Å². The Morgan fingerprint density at radius 1 is 1.48 bits per heavy atom. The van der Waals surface area contributed by atoms with Crippen molar-refractivity contribution in [3.8, 4) is 0 Å². The molecule has 0 atom stereocenters. The molecule has 0 aliphatic rings. The molecule has 0 aliphatic carbocycles. The van der Waals surface area contributed by atoms with Crippen molar-refractivity contribution in [1.82, 2.24) is 4.98 Å². The molecule has 2 aromatic rings. The second-order valence-corrected chi connectivity index (χ2v) is 5.07. The summed E-state index contributed by atoms with van der Waals surface area (Å²) >= 11 is 6.82. The van der Waals surface area contributed by atoms with E-state index in [0.29, 0.717) is 0 Å². The second kappa shape index (κ2) is 6.64. The van der Waals surface area contributed by atoms with Crippen LogP contribution in [0.25, 0.3) is 0 Å². The fraction of sp³-hybridized carbons (Fsp3) is 0.154. The highest BCUT2D eigenvalue weighted by molar-refractivity contribution is 7.14. The SMILES string of the molecule is CCOC(=O)c1csc(NC(=O)c2c(F)cccc2Cl)n1. The predicted octanol–water partition coefficient (Wildman–Crippen LogP) is 3.36. The topological polar surface area (TPSA) is 68.3 Å². The molecule has 0 spiro atoms. The average molecular weight is 329 g/mol. The van der Waals surface area contributed by atoms with Gasteiger partial charge in [0.05, 0.1) is 17.2 Å². The first-order valence-electron chi connectivity index (χ1n) is 5.91. The lowest BCUT2D eigenvalue weighted by molar-refractivity contribution is 0.0520. The maximum Gasteiger partial charge on any atom is 0.357 e. The number of aromatic nitrogens is 1. The van der Waals surface area contributed by atoms with Crippen LogP contribution in [-0.4, -0.2) is 23.5 Å². The van der Waals surface area contributed by atoms with Gasteiger partial charge in [-0.25, -0.2) is 14.2 Å². The molecule has 21 heavy (non-hydrogen) atoms. The highest BCUT2D eigenvalue weighted by Crippen LogP contribution is 2.22. The Bertz CT molecular complexity index is 670. The van der Waals surface area contributed by atoms with Crippen LogP contribution in [0.15, 0.2) is 23.6 Å². The normalized spacial score (nSPS) is 10.2. The molecule has 1 aromatic carbocycles. The van der Waals surface area contributed by atoms with Gasteiger partial charge in [0.1, 0.15) is 5.82 Å². The molecule has 0 aliphatic heterocycles. The molecule has 1 aromatic heterocycles. The monoisotopic (exact) mass is 328 g/mol. The number of ether oxygens (including phenoxy) is 1. The predicted molar refractivity (Wildman–Crippen MR) is 77.4 cm³/mol. The number of esters is 1. The lowest BCUT2D eigenvalue weighted by atomic mass is 10.2. The first-order chi connectivity index (χ1) is 10.0. The van der Waals surface area contributed by atoms with Crippen LogP contribution in [0.1, 0.15) is 27.8 Å². The van der Waals surface area contributed by atoms with Crippen molar-refractivity contribution in [2.75, 3.05) is 11.9 Å². The standard InChI is InChI=1S/C13H10ClFN2O3S/c1-2-20-12(19)9-6-21-13(16-9)17-11(18)10-7(14)4-3-5-8(10)15/h3-6H,2H2,1H3,(H,16,17,18). The number of benzene rings is 1. The second-order valence-electron chi connectivity index (χ2n) is 3.81. The summed E-state index contributed by atoms with van der Waals surface area (Å²) in [5, 5.41) is 3.98. The van der Waals surface area contributed by atoms with Gasteiger partial charge in [-0.2, -0.15) is 0 Å². The number of amides is 1. The number of thiazole rings is 1. The molecule has 0 bridgehead atoms. The number of carbonyl (C=O) groups is 2. The van der Waals surface area contributed by atoms with Gasteiger partial charge >= 0.3 is 5.97 Å². The minimum Gasteiger partial charge on any atom is -0.461 e. The van der Waals surface area contributed by atoms with E-state index >= 15 is 0 Å². The largest absolute Gasteiger partial charge is 0.461 e. The summed E-state index contributed by atoms with van der Waals surface area (Å²) in [6.45, 7) is 1.90. The molecule has 0 unspecified atom stereocenters. The number of hydrogen-bond donors (Lipinski definition) is 1. The third kappa shape index (κ3) is 3.56. The molecule has 8 heteroatoms. The maximum absolute atomic E-state index is 13.6. The van der Waals surface area contributed by atoms with Crippen LogP contribution in [0.3, 0.4) is 0 Å². The van der Waals surface area contributed by atoms with Gasteiger partial charge in [0.15, 0.2) is 10.8 Å². The molecule has 1 amide bonds. The maximum atomic E-state index is 13.6. The van der Waals surface area contributed by atoms with Crippen LogP contribution >= 0.6 is 22.9 Å². The average Bonchev–Trinajstić information content (AvgIpc) is 2.87. The smallest absolute Gasteiger partial charge is 0.357 e. The molecule has 0 saturated heterocycles. The summed E-state index contributed by atoms with van der Waals surface area (Å²) in [5.74, 6) is -2.05. The van der Waals surface area contributed by atoms with E-state index in [1.165, 1.54) is 17.5 Å². The molecule has 110 valence electrons. The summed E-state index contributed by atoms with van der Waals surface area (Å²) < 4.78 is 18.4. The number of nitrogens with zero attached hydrogens (tertiary/aromatic N) is 1. The lowest BCUT2D eigenvalue weighted by Crippen LogP contribution is -2.14. The summed E-state index contributed by atoms with van der Waals surface area (Å²) in [6.07, 6.45) is 0. The zero-order valence-electron chi connectivity index (χ0n) is 10.9. The van der Waals surface area contributed by atoms with Gasteiger partial charge in [-0.05, 0) is 19.1 Å². The van der Waals surface area contributed by atoms with Crippen molar-refractivity contribution < 1.29 is 18.7 Å². The van der Waals surface area contributed by atoms with Gasteiger partial charge in [0, 0.05) is 5.38 Å². The number of halogens is 2. The number of hydrogen-bond acceptors (Lipinski definition) is 5. The molecule has 2 rings (SSSR count). The quantitative estimate of drug-likeness (QED) is 0.874. The lowest BCUT2D eigenvalue weighted by Gasteiger charge is -2.04. The summed E-state index contributed by atoms with van der Waals surface area (Å²) in [7, 11) is 0. The minimum absolute atomic E-state index is 0.00493. The Kier molecular flexibility index (Phi) is 4.87. The highest BCUT2D eigenvalue weighted by Gasteiger charge is 2.18. The van der Waals surface area contributed by atoms with Crippen molar-refractivity contribution in [3.05, 3.63) is 45.7 Å². The minimum atomic E-state index is -0.734. The van der Waals surface area contributed by atoms with Gasteiger partial charge < -0.3 is 4.74 Å². The molecule has 0 fully saturated rings. The van der Waals surface area contributed by atoms with E-state index in [1.54, 1.807) is 6.92 Å². The van der Waals surface area contributed by atoms with Gasteiger partial charge in [-0.15, -0.1) is 11.3 Å². The summed E-state index contributed by atoms with van der Waals surface area (Å²) in [5.41, 5.74) is -0.191. The number of nitrogens with one attached hydrogen (secondary N) is 1. The first kappa shape index (κ1) is 15.4. The molecule has 1 heterocycles. The molecular weight excluding hydrogens is 319 g/mol. The highest BCUT2D eigenvalue weighted by atomic mass is 35.5. The van der Waals surface area contributed by atoms with Gasteiger partial charge in [0.25, 0.3) is 5.91 Å². The van der Waals surface area contributed by atoms with Crippen LogP contribution in [0.4, 0.5) is 9.52 Å². The number of carbonyl (C=O) groups excluding carboxylic acids is 2. The summed E-state index contributed by atoms with van der Waals surface area (Å²) in [6, 6.07) is 3.94. The van der Waals surface area contributed by atoms with E-state index in [2.05, 4.69) is 10.3 Å². The van der Waals surface area contributed by atoms with E-state index in [0.717, 1.165) is 17.4 Å². The zero-order chi connectivity index (χ0) is 15.4. The van der Waals surface area contributed by atoms with Crippen LogP contribution < -0.4 is 5.32 Å². The molecule has 5 nitrogen and oxygen atoms in total. The molecule has 0 radical (unpaired) electrons. The molecular formula is C13H10ClFN2O3S. The van der Waals surface area contributed by atoms with E-state index in [4.69, 9.17) is 16.3 Å². The zero-order valence-corrected chi connectivity index (χ0v) is 12.4. The Morgan fingerprint density at radius 2 is 2.24 bits per heavy atom. The summed E-state index contributed by atoms with van der Waals surface area (Å²) in [4.78, 5) is 27.3. The van der Waals surface area contributed by atoms with E-state index in [-0.39, 0.29) is 28.0 Å². The van der Waals surface area contributed by atoms with Crippen molar-refractivity contribution >= 4 is 39.9 Å².